The fraction of sp³-hybridized carbons (Fsp3) is 0. The van der Waals surface area contributed by atoms with Gasteiger partial charge in [0.05, 0.1) is 22.1 Å². The minimum atomic E-state index is 1.07. The van der Waals surface area contributed by atoms with Crippen LogP contribution in [0.3, 0.4) is 0 Å². The van der Waals surface area contributed by atoms with E-state index >= 15 is 0 Å². The molecule has 0 fully saturated rings. The number of hydrogen-bond donors (Lipinski definition) is 0. The third-order valence-electron chi connectivity index (χ3n) is 16.1. The number of benzene rings is 13. The zero-order valence-corrected chi connectivity index (χ0v) is 44.4. The number of hydrogen-bond acceptors (Lipinski definition) is 1. The van der Waals surface area contributed by atoms with Crippen molar-refractivity contribution in [2.24, 2.45) is 0 Å². The Morgan fingerprint density at radius 2 is 0.457 bits per heavy atom. The molecule has 0 saturated carbocycles. The van der Waals surface area contributed by atoms with Crippen LogP contribution < -0.4 is 4.90 Å². The van der Waals surface area contributed by atoms with Crippen LogP contribution in [-0.4, -0.2) is 9.13 Å². The average molecular weight is 1030 g/mol. The predicted molar refractivity (Wildman–Crippen MR) is 342 cm³/mol. The van der Waals surface area contributed by atoms with Crippen LogP contribution in [0.1, 0.15) is 0 Å². The fourth-order valence-corrected chi connectivity index (χ4v) is 12.2. The standard InChI is InChI=1S/C78H53N3/c1-3-17-54(18-4-1)58-19-13-20-59(49-58)55-35-42-67(43-36-55)79(68-44-37-56(38-45-68)60-21-14-23-62(50-60)64-25-16-28-70(52-64)81-76-33-11-7-29-71(76)72-30-8-12-34-77(72)81)69-46-39-57(40-47-69)61-22-15-24-63(51-61)65-41-48-74-73-31-9-10-32-75(73)80(78(74)53-65)66-26-5-2-6-27-66/h1-53H. The second-order valence-corrected chi connectivity index (χ2v) is 20.9. The first-order valence-corrected chi connectivity index (χ1v) is 27.8. The van der Waals surface area contributed by atoms with Gasteiger partial charge in [0.1, 0.15) is 0 Å². The molecule has 15 rings (SSSR count). The van der Waals surface area contributed by atoms with Crippen LogP contribution in [0.5, 0.6) is 0 Å². The van der Waals surface area contributed by atoms with Crippen molar-refractivity contribution < 1.29 is 0 Å². The van der Waals surface area contributed by atoms with Crippen LogP contribution in [0.25, 0.3) is 122 Å². The summed E-state index contributed by atoms with van der Waals surface area (Å²) in [6, 6.07) is 117. The van der Waals surface area contributed by atoms with Gasteiger partial charge < -0.3 is 14.0 Å². The van der Waals surface area contributed by atoms with Crippen LogP contribution in [0.2, 0.25) is 0 Å². The third-order valence-corrected chi connectivity index (χ3v) is 16.1. The van der Waals surface area contributed by atoms with Gasteiger partial charge in [-0.2, -0.15) is 0 Å². The SMILES string of the molecule is c1ccc(-c2cccc(-c3ccc(N(c4ccc(-c5cccc(-c6cccc(-n7c8ccccc8c8ccccc87)c6)c5)cc4)c4ccc(-c5cccc(-c6ccc7c8ccccc8n(-c8ccccc8)c7c6)c5)cc4)cc3)c2)cc1. The highest BCUT2D eigenvalue weighted by molar-refractivity contribution is 6.11. The molecule has 380 valence electrons. The van der Waals surface area contributed by atoms with Crippen molar-refractivity contribution in [3.8, 4) is 78.1 Å². The molecule has 0 aliphatic heterocycles. The molecule has 2 aromatic heterocycles. The number of para-hydroxylation sites is 4. The lowest BCUT2D eigenvalue weighted by Gasteiger charge is -2.26. The van der Waals surface area contributed by atoms with Gasteiger partial charge in [-0.25, -0.2) is 0 Å². The second-order valence-electron chi connectivity index (χ2n) is 20.9. The number of fused-ring (bicyclic) bond motifs is 6. The van der Waals surface area contributed by atoms with Crippen LogP contribution in [0.15, 0.2) is 322 Å². The first kappa shape index (κ1) is 47.5. The molecule has 3 heteroatoms. The fourth-order valence-electron chi connectivity index (χ4n) is 12.2. The monoisotopic (exact) mass is 1030 g/mol. The second kappa shape index (κ2) is 20.2. The molecule has 0 aliphatic carbocycles. The van der Waals surface area contributed by atoms with Crippen LogP contribution in [-0.2, 0) is 0 Å². The summed E-state index contributed by atoms with van der Waals surface area (Å²) in [6.45, 7) is 0. The largest absolute Gasteiger partial charge is 0.311 e. The van der Waals surface area contributed by atoms with E-state index in [1.807, 2.05) is 0 Å². The number of rotatable bonds is 11. The topological polar surface area (TPSA) is 13.1 Å². The molecule has 0 spiro atoms. The van der Waals surface area contributed by atoms with E-state index in [0.717, 1.165) is 39.6 Å². The third kappa shape index (κ3) is 8.75. The smallest absolute Gasteiger partial charge is 0.0547 e. The van der Waals surface area contributed by atoms with Crippen molar-refractivity contribution in [2.75, 3.05) is 4.90 Å². The Kier molecular flexibility index (Phi) is 11.9. The lowest BCUT2D eigenvalue weighted by Crippen LogP contribution is -2.09. The number of nitrogens with zero attached hydrogens (tertiary/aromatic N) is 3. The lowest BCUT2D eigenvalue weighted by molar-refractivity contribution is 1.18. The van der Waals surface area contributed by atoms with Crippen LogP contribution in [0.4, 0.5) is 17.1 Å². The Morgan fingerprint density at radius 3 is 0.901 bits per heavy atom. The molecule has 15 aromatic rings. The Hall–Kier alpha value is -10.7. The average Bonchev–Trinajstić information content (AvgIpc) is 4.27. The van der Waals surface area contributed by atoms with E-state index < -0.39 is 0 Å². The van der Waals surface area contributed by atoms with Gasteiger partial charge in [0.25, 0.3) is 0 Å². The van der Waals surface area contributed by atoms with E-state index in [-0.39, 0.29) is 0 Å². The van der Waals surface area contributed by atoms with Gasteiger partial charge in [-0.05, 0) is 170 Å². The molecule has 81 heavy (non-hydrogen) atoms. The first-order valence-electron chi connectivity index (χ1n) is 27.8. The molecule has 0 atom stereocenters. The van der Waals surface area contributed by atoms with E-state index in [9.17, 15) is 0 Å². The minimum Gasteiger partial charge on any atom is -0.311 e. The minimum absolute atomic E-state index is 1.07. The molecule has 0 aliphatic rings. The van der Waals surface area contributed by atoms with Gasteiger partial charge in [-0.3, -0.25) is 0 Å². The molecule has 0 saturated heterocycles. The Bertz CT molecular complexity index is 4730. The molecule has 0 unspecified atom stereocenters. The predicted octanol–water partition coefficient (Wildman–Crippen LogP) is 21.4. The maximum absolute atomic E-state index is 2.39. The summed E-state index contributed by atoms with van der Waals surface area (Å²) in [5.41, 5.74) is 24.5. The maximum atomic E-state index is 2.39. The van der Waals surface area contributed by atoms with Gasteiger partial charge in [0.15, 0.2) is 0 Å². The van der Waals surface area contributed by atoms with E-state index in [1.54, 1.807) is 0 Å². The van der Waals surface area contributed by atoms with E-state index in [0.29, 0.717) is 0 Å². The highest BCUT2D eigenvalue weighted by atomic mass is 15.1. The van der Waals surface area contributed by atoms with Gasteiger partial charge in [0.2, 0.25) is 0 Å². The zero-order chi connectivity index (χ0) is 53.6. The molecule has 3 nitrogen and oxygen atoms in total. The summed E-state index contributed by atoms with van der Waals surface area (Å²) >= 11 is 0. The van der Waals surface area contributed by atoms with Gasteiger partial charge in [-0.15, -0.1) is 0 Å². The van der Waals surface area contributed by atoms with Crippen molar-refractivity contribution >= 4 is 60.7 Å². The zero-order valence-electron chi connectivity index (χ0n) is 44.4. The summed E-state index contributed by atoms with van der Waals surface area (Å²) in [4.78, 5) is 2.37. The Balaban J connectivity index is 0.761. The van der Waals surface area contributed by atoms with Gasteiger partial charge in [-0.1, -0.05) is 218 Å². The van der Waals surface area contributed by atoms with Crippen LogP contribution >= 0.6 is 0 Å². The molecule has 0 amide bonds. The van der Waals surface area contributed by atoms with Crippen molar-refractivity contribution in [1.82, 2.24) is 9.13 Å². The van der Waals surface area contributed by atoms with E-state index in [2.05, 4.69) is 336 Å². The molecule has 0 N–H and O–H groups in total. The highest BCUT2D eigenvalue weighted by Crippen LogP contribution is 2.41. The maximum Gasteiger partial charge on any atom is 0.0547 e. The molecule has 0 bridgehead atoms. The van der Waals surface area contributed by atoms with Crippen LogP contribution in [0, 0.1) is 0 Å². The summed E-state index contributed by atoms with van der Waals surface area (Å²) in [7, 11) is 0. The molecular formula is C78H53N3. The number of aromatic nitrogens is 2. The van der Waals surface area contributed by atoms with Crippen molar-refractivity contribution in [1.29, 1.82) is 0 Å². The molecule has 13 aromatic carbocycles. The summed E-state index contributed by atoms with van der Waals surface area (Å²) in [6.07, 6.45) is 0. The first-order chi connectivity index (χ1) is 40.1. The quantitative estimate of drug-likeness (QED) is 0.126. The van der Waals surface area contributed by atoms with Gasteiger partial charge >= 0.3 is 0 Å². The summed E-state index contributed by atoms with van der Waals surface area (Å²) < 4.78 is 4.78. The lowest BCUT2D eigenvalue weighted by atomic mass is 9.97. The number of anilines is 3. The normalized spacial score (nSPS) is 11.5. The highest BCUT2D eigenvalue weighted by Gasteiger charge is 2.18. The van der Waals surface area contributed by atoms with Gasteiger partial charge in [0, 0.05) is 50.0 Å². The van der Waals surface area contributed by atoms with Crippen molar-refractivity contribution in [2.45, 2.75) is 0 Å². The Morgan fingerprint density at radius 1 is 0.173 bits per heavy atom. The van der Waals surface area contributed by atoms with Crippen molar-refractivity contribution in [3.05, 3.63) is 322 Å². The molecule has 0 radical (unpaired) electrons. The Labute approximate surface area is 471 Å². The molecular weight excluding hydrogens is 979 g/mol. The summed E-state index contributed by atoms with van der Waals surface area (Å²) in [5.74, 6) is 0. The molecule has 2 heterocycles. The van der Waals surface area contributed by atoms with E-state index in [1.165, 1.54) is 99.2 Å². The van der Waals surface area contributed by atoms with Crippen molar-refractivity contribution in [3.63, 3.8) is 0 Å². The summed E-state index contributed by atoms with van der Waals surface area (Å²) in [5, 5.41) is 5.03. The van der Waals surface area contributed by atoms with E-state index in [4.69, 9.17) is 0 Å².